The summed E-state index contributed by atoms with van der Waals surface area (Å²) < 4.78 is 0. The van der Waals surface area contributed by atoms with E-state index < -0.39 is 0 Å². The molecule has 0 aliphatic heterocycles. The van der Waals surface area contributed by atoms with Crippen molar-refractivity contribution < 1.29 is 9.59 Å². The van der Waals surface area contributed by atoms with E-state index in [1.165, 1.54) is 6.92 Å². The number of aromatic nitrogens is 1. The van der Waals surface area contributed by atoms with Gasteiger partial charge in [-0.15, -0.1) is 0 Å². The summed E-state index contributed by atoms with van der Waals surface area (Å²) in [6, 6.07) is 14.4. The minimum Gasteiger partial charge on any atom is -0.361 e. The SMILES string of the molecule is CC(=O)c1cccc(NC(=O)c2cccc3cc[nH]c23)c1. The number of benzene rings is 2. The highest BCUT2D eigenvalue weighted by atomic mass is 16.1. The summed E-state index contributed by atoms with van der Waals surface area (Å²) in [5.41, 5.74) is 2.56. The van der Waals surface area contributed by atoms with Crippen molar-refractivity contribution in [2.75, 3.05) is 5.32 Å². The lowest BCUT2D eigenvalue weighted by Gasteiger charge is -2.07. The number of aromatic amines is 1. The molecule has 21 heavy (non-hydrogen) atoms. The van der Waals surface area contributed by atoms with Crippen LogP contribution in [0.2, 0.25) is 0 Å². The summed E-state index contributed by atoms with van der Waals surface area (Å²) in [6.45, 7) is 1.50. The fraction of sp³-hybridized carbons (Fsp3) is 0.0588. The lowest BCUT2D eigenvalue weighted by Crippen LogP contribution is -2.12. The highest BCUT2D eigenvalue weighted by Crippen LogP contribution is 2.19. The van der Waals surface area contributed by atoms with Crippen molar-refractivity contribution in [2.45, 2.75) is 6.92 Å². The van der Waals surface area contributed by atoms with E-state index in [1.807, 2.05) is 18.2 Å². The zero-order chi connectivity index (χ0) is 14.8. The number of nitrogens with one attached hydrogen (secondary N) is 2. The molecule has 0 aliphatic rings. The fourth-order valence-corrected chi connectivity index (χ4v) is 2.29. The number of carbonyl (C=O) groups is 2. The van der Waals surface area contributed by atoms with Crippen molar-refractivity contribution in [2.24, 2.45) is 0 Å². The number of H-pyrrole nitrogens is 1. The van der Waals surface area contributed by atoms with E-state index in [9.17, 15) is 9.59 Å². The lowest BCUT2D eigenvalue weighted by molar-refractivity contribution is 0.101. The largest absolute Gasteiger partial charge is 0.361 e. The summed E-state index contributed by atoms with van der Waals surface area (Å²) >= 11 is 0. The Balaban J connectivity index is 1.91. The summed E-state index contributed by atoms with van der Waals surface area (Å²) in [4.78, 5) is 26.8. The number of hydrogen-bond acceptors (Lipinski definition) is 2. The molecule has 0 radical (unpaired) electrons. The van der Waals surface area contributed by atoms with Crippen molar-refractivity contribution in [3.63, 3.8) is 0 Å². The number of para-hydroxylation sites is 1. The van der Waals surface area contributed by atoms with Gasteiger partial charge in [0.2, 0.25) is 0 Å². The van der Waals surface area contributed by atoms with Crippen LogP contribution in [0.1, 0.15) is 27.6 Å². The van der Waals surface area contributed by atoms with Crippen LogP contribution >= 0.6 is 0 Å². The standard InChI is InChI=1S/C17H14N2O2/c1-11(20)13-5-2-6-14(10-13)19-17(21)15-7-3-4-12-8-9-18-16(12)15/h2-10,18H,1H3,(H,19,21). The van der Waals surface area contributed by atoms with Gasteiger partial charge in [-0.05, 0) is 31.2 Å². The number of carbonyl (C=O) groups excluding carboxylic acids is 2. The molecule has 0 spiro atoms. The van der Waals surface area contributed by atoms with Crippen LogP contribution in [0.4, 0.5) is 5.69 Å². The van der Waals surface area contributed by atoms with Crippen LogP contribution in [0.15, 0.2) is 54.7 Å². The van der Waals surface area contributed by atoms with Crippen LogP contribution in [0.3, 0.4) is 0 Å². The van der Waals surface area contributed by atoms with Crippen LogP contribution in [0.25, 0.3) is 10.9 Å². The van der Waals surface area contributed by atoms with Crippen molar-refractivity contribution in [1.29, 1.82) is 0 Å². The van der Waals surface area contributed by atoms with Crippen LogP contribution in [-0.4, -0.2) is 16.7 Å². The minimum atomic E-state index is -0.205. The maximum atomic E-state index is 12.4. The molecule has 0 saturated heterocycles. The second kappa shape index (κ2) is 5.25. The molecule has 2 aromatic carbocycles. The topological polar surface area (TPSA) is 62.0 Å². The highest BCUT2D eigenvalue weighted by Gasteiger charge is 2.11. The summed E-state index contributed by atoms with van der Waals surface area (Å²) in [6.07, 6.45) is 1.80. The molecule has 1 heterocycles. The molecular weight excluding hydrogens is 264 g/mol. The molecule has 0 atom stereocenters. The predicted octanol–water partition coefficient (Wildman–Crippen LogP) is 3.62. The van der Waals surface area contributed by atoms with E-state index in [0.717, 1.165) is 10.9 Å². The number of anilines is 1. The number of fused-ring (bicyclic) bond motifs is 1. The third-order valence-electron chi connectivity index (χ3n) is 3.36. The van der Waals surface area contributed by atoms with Crippen LogP contribution in [-0.2, 0) is 0 Å². The number of hydrogen-bond donors (Lipinski definition) is 2. The number of ketones is 1. The molecule has 1 aromatic heterocycles. The summed E-state index contributed by atoms with van der Waals surface area (Å²) in [5.74, 6) is -0.235. The second-order valence-electron chi connectivity index (χ2n) is 4.84. The Labute approximate surface area is 121 Å². The van der Waals surface area contributed by atoms with Crippen LogP contribution in [0.5, 0.6) is 0 Å². The molecule has 0 aliphatic carbocycles. The van der Waals surface area contributed by atoms with Gasteiger partial charge in [-0.2, -0.15) is 0 Å². The fourth-order valence-electron chi connectivity index (χ4n) is 2.29. The molecule has 2 N–H and O–H groups in total. The predicted molar refractivity (Wildman–Crippen MR) is 82.7 cm³/mol. The van der Waals surface area contributed by atoms with Crippen molar-refractivity contribution in [3.8, 4) is 0 Å². The van der Waals surface area contributed by atoms with E-state index in [0.29, 0.717) is 16.8 Å². The average molecular weight is 278 g/mol. The van der Waals surface area contributed by atoms with Gasteiger partial charge in [-0.25, -0.2) is 0 Å². The van der Waals surface area contributed by atoms with Crippen LogP contribution in [0, 0.1) is 0 Å². The Kier molecular flexibility index (Phi) is 3.28. The maximum Gasteiger partial charge on any atom is 0.257 e. The number of Topliss-reactive ketones (excluding diaryl/α,β-unsaturated/α-hetero) is 1. The molecule has 0 saturated carbocycles. The van der Waals surface area contributed by atoms with Gasteiger partial charge < -0.3 is 10.3 Å². The van der Waals surface area contributed by atoms with Gasteiger partial charge in [0.15, 0.2) is 5.78 Å². The summed E-state index contributed by atoms with van der Waals surface area (Å²) in [5, 5.41) is 3.81. The number of amides is 1. The second-order valence-corrected chi connectivity index (χ2v) is 4.84. The highest BCUT2D eigenvalue weighted by molar-refractivity contribution is 6.12. The monoisotopic (exact) mass is 278 g/mol. The number of rotatable bonds is 3. The van der Waals surface area contributed by atoms with Gasteiger partial charge in [0.05, 0.1) is 11.1 Å². The van der Waals surface area contributed by atoms with Crippen molar-refractivity contribution >= 4 is 28.3 Å². The van der Waals surface area contributed by atoms with Gasteiger partial charge in [-0.1, -0.05) is 24.3 Å². The quantitative estimate of drug-likeness (QED) is 0.719. The Morgan fingerprint density at radius 1 is 1.05 bits per heavy atom. The first-order valence-electron chi connectivity index (χ1n) is 6.63. The molecule has 1 amide bonds. The first kappa shape index (κ1) is 13.1. The summed E-state index contributed by atoms with van der Waals surface area (Å²) in [7, 11) is 0. The lowest BCUT2D eigenvalue weighted by atomic mass is 10.1. The van der Waals surface area contributed by atoms with E-state index >= 15 is 0 Å². The Hall–Kier alpha value is -2.88. The normalized spacial score (nSPS) is 10.5. The van der Waals surface area contributed by atoms with E-state index in [1.54, 1.807) is 36.5 Å². The van der Waals surface area contributed by atoms with Gasteiger partial charge >= 0.3 is 0 Å². The Bertz CT molecular complexity index is 833. The van der Waals surface area contributed by atoms with Crippen LogP contribution < -0.4 is 5.32 Å². The van der Waals surface area contributed by atoms with Crippen molar-refractivity contribution in [3.05, 3.63) is 65.9 Å². The molecular formula is C17H14N2O2. The average Bonchev–Trinajstić information content (AvgIpc) is 2.95. The first-order chi connectivity index (χ1) is 10.1. The van der Waals surface area contributed by atoms with E-state index in [4.69, 9.17) is 0 Å². The molecule has 3 aromatic rings. The van der Waals surface area contributed by atoms with Gasteiger partial charge in [0.25, 0.3) is 5.91 Å². The smallest absolute Gasteiger partial charge is 0.257 e. The molecule has 0 fully saturated rings. The van der Waals surface area contributed by atoms with Gasteiger partial charge in [-0.3, -0.25) is 9.59 Å². The molecule has 4 nitrogen and oxygen atoms in total. The van der Waals surface area contributed by atoms with E-state index in [2.05, 4.69) is 10.3 Å². The third-order valence-corrected chi connectivity index (χ3v) is 3.36. The Morgan fingerprint density at radius 2 is 1.86 bits per heavy atom. The maximum absolute atomic E-state index is 12.4. The minimum absolute atomic E-state index is 0.0300. The molecule has 104 valence electrons. The first-order valence-corrected chi connectivity index (χ1v) is 6.63. The van der Waals surface area contributed by atoms with Crippen molar-refractivity contribution in [1.82, 2.24) is 4.98 Å². The zero-order valence-corrected chi connectivity index (χ0v) is 11.5. The van der Waals surface area contributed by atoms with Gasteiger partial charge in [0, 0.05) is 22.8 Å². The Morgan fingerprint density at radius 3 is 2.67 bits per heavy atom. The van der Waals surface area contributed by atoms with E-state index in [-0.39, 0.29) is 11.7 Å². The molecule has 0 unspecified atom stereocenters. The molecule has 4 heteroatoms. The molecule has 0 bridgehead atoms. The van der Waals surface area contributed by atoms with Gasteiger partial charge in [0.1, 0.15) is 0 Å². The third kappa shape index (κ3) is 2.56. The molecule has 3 rings (SSSR count). The zero-order valence-electron chi connectivity index (χ0n) is 11.5.